The molecular weight excluding hydrogens is 202 g/mol. The summed E-state index contributed by atoms with van der Waals surface area (Å²) >= 11 is 0. The molecule has 0 saturated carbocycles. The molecule has 0 bridgehead atoms. The quantitative estimate of drug-likeness (QED) is 0.693. The number of hydrogen-bond donors (Lipinski definition) is 0. The first-order valence-electron chi connectivity index (χ1n) is 5.66. The molecule has 0 saturated heterocycles. The fraction of sp³-hybridized carbons (Fsp3) is 0.538. The summed E-state index contributed by atoms with van der Waals surface area (Å²) in [5.41, 5.74) is 0.640. The molecule has 1 heterocycles. The molecule has 1 aromatic rings. The van der Waals surface area contributed by atoms with Gasteiger partial charge in [-0.3, -0.25) is 9.78 Å². The van der Waals surface area contributed by atoms with Crippen molar-refractivity contribution in [2.75, 3.05) is 7.11 Å². The van der Waals surface area contributed by atoms with Crippen LogP contribution in [-0.4, -0.2) is 17.9 Å². The van der Waals surface area contributed by atoms with Gasteiger partial charge in [0.1, 0.15) is 5.75 Å². The van der Waals surface area contributed by atoms with Crippen molar-refractivity contribution < 1.29 is 9.53 Å². The molecule has 0 aromatic carbocycles. The molecule has 0 atom stereocenters. The molecule has 0 aliphatic rings. The Morgan fingerprint density at radius 3 is 2.88 bits per heavy atom. The SMILES string of the molecule is COc1cnccc1C(=O)CCCC(C)C. The third kappa shape index (κ3) is 3.65. The fourth-order valence-electron chi connectivity index (χ4n) is 1.58. The normalized spacial score (nSPS) is 10.5. The summed E-state index contributed by atoms with van der Waals surface area (Å²) in [7, 11) is 1.56. The van der Waals surface area contributed by atoms with Crippen LogP contribution in [0.4, 0.5) is 0 Å². The van der Waals surface area contributed by atoms with Gasteiger partial charge < -0.3 is 4.74 Å². The molecule has 1 rings (SSSR count). The summed E-state index contributed by atoms with van der Waals surface area (Å²) < 4.78 is 5.11. The Bertz CT molecular complexity index is 348. The Kier molecular flexibility index (Phi) is 4.96. The number of aromatic nitrogens is 1. The summed E-state index contributed by atoms with van der Waals surface area (Å²) in [6.45, 7) is 4.33. The van der Waals surface area contributed by atoms with Gasteiger partial charge in [0, 0.05) is 12.6 Å². The second-order valence-corrected chi connectivity index (χ2v) is 4.29. The highest BCUT2D eigenvalue weighted by molar-refractivity contribution is 5.98. The Balaban J connectivity index is 2.59. The molecule has 0 aliphatic carbocycles. The monoisotopic (exact) mass is 221 g/mol. The lowest BCUT2D eigenvalue weighted by atomic mass is 10.0. The van der Waals surface area contributed by atoms with Gasteiger partial charge in [0.05, 0.1) is 18.9 Å². The molecule has 16 heavy (non-hydrogen) atoms. The second kappa shape index (κ2) is 6.26. The average molecular weight is 221 g/mol. The van der Waals surface area contributed by atoms with Crippen LogP contribution >= 0.6 is 0 Å². The van der Waals surface area contributed by atoms with Gasteiger partial charge in [0.2, 0.25) is 0 Å². The number of Topliss-reactive ketones (excluding diaryl/α,β-unsaturated/α-hetero) is 1. The van der Waals surface area contributed by atoms with E-state index in [0.717, 1.165) is 12.8 Å². The third-order valence-electron chi connectivity index (χ3n) is 2.49. The first kappa shape index (κ1) is 12.7. The minimum Gasteiger partial charge on any atom is -0.494 e. The predicted octanol–water partition coefficient (Wildman–Crippen LogP) is 3.10. The van der Waals surface area contributed by atoms with Gasteiger partial charge in [-0.15, -0.1) is 0 Å². The third-order valence-corrected chi connectivity index (χ3v) is 2.49. The molecule has 0 N–H and O–H groups in total. The number of methoxy groups -OCH3 is 1. The molecular formula is C13H19NO2. The summed E-state index contributed by atoms with van der Waals surface area (Å²) in [4.78, 5) is 15.8. The molecule has 0 aliphatic heterocycles. The first-order chi connectivity index (χ1) is 7.65. The van der Waals surface area contributed by atoms with Crippen molar-refractivity contribution >= 4 is 5.78 Å². The molecule has 0 spiro atoms. The molecule has 0 unspecified atom stereocenters. The van der Waals surface area contributed by atoms with Gasteiger partial charge in [-0.25, -0.2) is 0 Å². The Morgan fingerprint density at radius 2 is 2.25 bits per heavy atom. The smallest absolute Gasteiger partial charge is 0.166 e. The van der Waals surface area contributed by atoms with Crippen molar-refractivity contribution in [1.82, 2.24) is 4.98 Å². The van der Waals surface area contributed by atoms with E-state index < -0.39 is 0 Å². The van der Waals surface area contributed by atoms with Crippen molar-refractivity contribution in [1.29, 1.82) is 0 Å². The molecule has 3 heteroatoms. The van der Waals surface area contributed by atoms with E-state index >= 15 is 0 Å². The zero-order valence-electron chi connectivity index (χ0n) is 10.2. The van der Waals surface area contributed by atoms with E-state index in [9.17, 15) is 4.79 Å². The van der Waals surface area contributed by atoms with Crippen molar-refractivity contribution in [2.24, 2.45) is 5.92 Å². The largest absolute Gasteiger partial charge is 0.494 e. The number of pyridine rings is 1. The fourth-order valence-corrected chi connectivity index (χ4v) is 1.58. The lowest BCUT2D eigenvalue weighted by Gasteiger charge is -2.07. The van der Waals surface area contributed by atoms with Crippen molar-refractivity contribution in [3.05, 3.63) is 24.0 Å². The Hall–Kier alpha value is -1.38. The van der Waals surface area contributed by atoms with Gasteiger partial charge in [0.15, 0.2) is 5.78 Å². The van der Waals surface area contributed by atoms with Crippen molar-refractivity contribution in [2.45, 2.75) is 33.1 Å². The van der Waals surface area contributed by atoms with E-state index in [2.05, 4.69) is 18.8 Å². The highest BCUT2D eigenvalue weighted by atomic mass is 16.5. The summed E-state index contributed by atoms with van der Waals surface area (Å²) in [6, 6.07) is 1.72. The highest BCUT2D eigenvalue weighted by Gasteiger charge is 2.11. The van der Waals surface area contributed by atoms with Crippen LogP contribution in [0.5, 0.6) is 5.75 Å². The van der Waals surface area contributed by atoms with Crippen molar-refractivity contribution in [3.63, 3.8) is 0 Å². The lowest BCUT2D eigenvalue weighted by Crippen LogP contribution is -2.03. The molecule has 0 fully saturated rings. The number of hydrogen-bond acceptors (Lipinski definition) is 3. The minimum absolute atomic E-state index is 0.139. The van der Waals surface area contributed by atoms with E-state index in [1.54, 1.807) is 25.6 Å². The maximum absolute atomic E-state index is 11.9. The predicted molar refractivity (Wildman–Crippen MR) is 63.8 cm³/mol. The molecule has 3 nitrogen and oxygen atoms in total. The number of ketones is 1. The lowest BCUT2D eigenvalue weighted by molar-refractivity contribution is 0.0975. The average Bonchev–Trinajstić information content (AvgIpc) is 2.28. The van der Waals surface area contributed by atoms with Crippen LogP contribution in [0.1, 0.15) is 43.5 Å². The van der Waals surface area contributed by atoms with Gasteiger partial charge in [0.25, 0.3) is 0 Å². The molecule has 1 aromatic heterocycles. The maximum atomic E-state index is 11.9. The summed E-state index contributed by atoms with van der Waals surface area (Å²) in [5, 5.41) is 0. The van der Waals surface area contributed by atoms with Gasteiger partial charge in [-0.1, -0.05) is 20.3 Å². The molecule has 88 valence electrons. The van der Waals surface area contributed by atoms with Crippen LogP contribution in [0.3, 0.4) is 0 Å². The van der Waals surface area contributed by atoms with E-state index in [4.69, 9.17) is 4.74 Å². The number of carbonyl (C=O) groups excluding carboxylic acids is 1. The summed E-state index contributed by atoms with van der Waals surface area (Å²) in [5.74, 6) is 1.35. The van der Waals surface area contributed by atoms with Gasteiger partial charge in [-0.05, 0) is 18.4 Å². The standard InChI is InChI=1S/C13H19NO2/c1-10(2)5-4-6-12(15)11-7-8-14-9-13(11)16-3/h7-10H,4-6H2,1-3H3. The zero-order chi connectivity index (χ0) is 12.0. The second-order valence-electron chi connectivity index (χ2n) is 4.29. The minimum atomic E-state index is 0.139. The van der Waals surface area contributed by atoms with Crippen LogP contribution in [0.25, 0.3) is 0 Å². The Morgan fingerprint density at radius 1 is 1.50 bits per heavy atom. The number of nitrogens with zero attached hydrogens (tertiary/aromatic N) is 1. The Labute approximate surface area is 96.8 Å². The molecule has 0 amide bonds. The van der Waals surface area contributed by atoms with Crippen LogP contribution in [-0.2, 0) is 0 Å². The van der Waals surface area contributed by atoms with Crippen LogP contribution < -0.4 is 4.74 Å². The topological polar surface area (TPSA) is 39.2 Å². The highest BCUT2D eigenvalue weighted by Crippen LogP contribution is 2.19. The summed E-state index contributed by atoms with van der Waals surface area (Å²) in [6.07, 6.45) is 5.80. The van der Waals surface area contributed by atoms with E-state index in [1.807, 2.05) is 0 Å². The number of ether oxygens (including phenoxy) is 1. The van der Waals surface area contributed by atoms with Gasteiger partial charge >= 0.3 is 0 Å². The van der Waals surface area contributed by atoms with E-state index in [1.165, 1.54) is 0 Å². The van der Waals surface area contributed by atoms with Crippen LogP contribution in [0.2, 0.25) is 0 Å². The molecule has 0 radical (unpaired) electrons. The van der Waals surface area contributed by atoms with E-state index in [0.29, 0.717) is 23.7 Å². The van der Waals surface area contributed by atoms with E-state index in [-0.39, 0.29) is 5.78 Å². The van der Waals surface area contributed by atoms with Crippen molar-refractivity contribution in [3.8, 4) is 5.75 Å². The number of rotatable bonds is 6. The van der Waals surface area contributed by atoms with Crippen LogP contribution in [0, 0.1) is 5.92 Å². The maximum Gasteiger partial charge on any atom is 0.166 e. The van der Waals surface area contributed by atoms with Crippen LogP contribution in [0.15, 0.2) is 18.5 Å². The first-order valence-corrected chi connectivity index (χ1v) is 5.66. The zero-order valence-corrected chi connectivity index (χ0v) is 10.2. The number of carbonyl (C=O) groups is 1. The van der Waals surface area contributed by atoms with Gasteiger partial charge in [-0.2, -0.15) is 0 Å².